The maximum atomic E-state index is 12.9. The highest BCUT2D eigenvalue weighted by Gasteiger charge is 2.34. The predicted molar refractivity (Wildman–Crippen MR) is 91.3 cm³/mol. The quantitative estimate of drug-likeness (QED) is 0.887. The Bertz CT molecular complexity index is 890. The fourth-order valence-corrected chi connectivity index (χ4v) is 2.73. The number of methoxy groups -OCH3 is 2. The molecule has 1 heterocycles. The summed E-state index contributed by atoms with van der Waals surface area (Å²) in [6, 6.07) is 7.32. The van der Waals surface area contributed by atoms with Gasteiger partial charge in [0, 0.05) is 11.6 Å². The Hall–Kier alpha value is -3.23. The minimum absolute atomic E-state index is 0.0794. The molecule has 0 atom stereocenters. The van der Waals surface area contributed by atoms with Crippen LogP contribution in [0.25, 0.3) is 0 Å². The van der Waals surface area contributed by atoms with Gasteiger partial charge >= 0.3 is 6.18 Å². The highest BCUT2D eigenvalue weighted by Crippen LogP contribution is 2.37. The second-order valence-corrected chi connectivity index (χ2v) is 5.77. The van der Waals surface area contributed by atoms with Gasteiger partial charge in [-0.05, 0) is 30.3 Å². The van der Waals surface area contributed by atoms with E-state index in [9.17, 15) is 22.8 Å². The largest absolute Gasteiger partial charge is 0.497 e. The standard InChI is InChI=1S/C18H15F3N2O4/c1-26-12-5-10(6-13(8-12)27-2)17(25)23-9-16(24)22-14-7-11(18(19,20)21)3-4-15(14)23/h3-8H,9H2,1-2H3,(H,22,24). The summed E-state index contributed by atoms with van der Waals surface area (Å²) in [7, 11) is 2.84. The molecule has 0 aromatic heterocycles. The third-order valence-corrected chi connectivity index (χ3v) is 4.03. The number of nitrogens with one attached hydrogen (secondary N) is 1. The summed E-state index contributed by atoms with van der Waals surface area (Å²) in [5.41, 5.74) is -0.649. The van der Waals surface area contributed by atoms with Gasteiger partial charge < -0.3 is 14.8 Å². The number of carbonyl (C=O) groups is 2. The lowest BCUT2D eigenvalue weighted by Crippen LogP contribution is -2.42. The fourth-order valence-electron chi connectivity index (χ4n) is 2.73. The topological polar surface area (TPSA) is 67.9 Å². The third kappa shape index (κ3) is 3.67. The van der Waals surface area contributed by atoms with Gasteiger partial charge in [-0.3, -0.25) is 14.5 Å². The molecule has 2 aromatic rings. The molecule has 0 fully saturated rings. The van der Waals surface area contributed by atoms with E-state index in [1.165, 1.54) is 26.4 Å². The molecule has 27 heavy (non-hydrogen) atoms. The highest BCUT2D eigenvalue weighted by molar-refractivity contribution is 6.15. The average molecular weight is 380 g/mol. The van der Waals surface area contributed by atoms with Gasteiger partial charge in [0.15, 0.2) is 0 Å². The number of hydrogen-bond donors (Lipinski definition) is 1. The lowest BCUT2D eigenvalue weighted by atomic mass is 10.1. The van der Waals surface area contributed by atoms with Crippen LogP contribution >= 0.6 is 0 Å². The normalized spacial score (nSPS) is 13.7. The van der Waals surface area contributed by atoms with Gasteiger partial charge in [0.2, 0.25) is 5.91 Å². The summed E-state index contributed by atoms with van der Waals surface area (Å²) in [6.45, 7) is -0.323. The number of alkyl halides is 3. The van der Waals surface area contributed by atoms with Gasteiger partial charge in [-0.2, -0.15) is 13.2 Å². The summed E-state index contributed by atoms with van der Waals surface area (Å²) in [4.78, 5) is 26.0. The van der Waals surface area contributed by atoms with Crippen LogP contribution < -0.4 is 19.7 Å². The zero-order chi connectivity index (χ0) is 19.8. The van der Waals surface area contributed by atoms with E-state index in [-0.39, 0.29) is 23.5 Å². The molecular formula is C18H15F3N2O4. The molecule has 9 heteroatoms. The first-order chi connectivity index (χ1) is 12.7. The van der Waals surface area contributed by atoms with Crippen molar-refractivity contribution in [1.82, 2.24) is 0 Å². The van der Waals surface area contributed by atoms with Crippen LogP contribution in [0.3, 0.4) is 0 Å². The predicted octanol–water partition coefficient (Wildman–Crippen LogP) is 3.32. The Morgan fingerprint density at radius 3 is 2.26 bits per heavy atom. The number of carbonyl (C=O) groups excluding carboxylic acids is 2. The van der Waals surface area contributed by atoms with E-state index < -0.39 is 23.6 Å². The maximum Gasteiger partial charge on any atom is 0.416 e. The zero-order valence-electron chi connectivity index (χ0n) is 14.4. The molecule has 1 N–H and O–H groups in total. The van der Waals surface area contributed by atoms with Crippen LogP contribution in [-0.4, -0.2) is 32.6 Å². The molecule has 0 saturated heterocycles. The molecule has 0 radical (unpaired) electrons. The third-order valence-electron chi connectivity index (χ3n) is 4.03. The Morgan fingerprint density at radius 2 is 1.70 bits per heavy atom. The van der Waals surface area contributed by atoms with Crippen LogP contribution in [0, 0.1) is 0 Å². The van der Waals surface area contributed by atoms with Crippen LogP contribution in [0.5, 0.6) is 11.5 Å². The van der Waals surface area contributed by atoms with Crippen LogP contribution in [0.15, 0.2) is 36.4 Å². The number of benzene rings is 2. The summed E-state index contributed by atoms with van der Waals surface area (Å²) in [5, 5.41) is 2.37. The van der Waals surface area contributed by atoms with Crippen molar-refractivity contribution in [2.75, 3.05) is 31.0 Å². The van der Waals surface area contributed by atoms with E-state index in [4.69, 9.17) is 9.47 Å². The van der Waals surface area contributed by atoms with Gasteiger partial charge in [0.1, 0.15) is 18.0 Å². The number of ether oxygens (including phenoxy) is 2. The Kier molecular flexibility index (Phi) is 4.69. The molecule has 0 saturated carbocycles. The summed E-state index contributed by atoms with van der Waals surface area (Å²) < 4.78 is 49.0. The minimum atomic E-state index is -4.56. The van der Waals surface area contributed by atoms with Gasteiger partial charge in [-0.15, -0.1) is 0 Å². The van der Waals surface area contributed by atoms with E-state index in [1.54, 1.807) is 6.07 Å². The molecule has 1 aliphatic heterocycles. The molecule has 3 rings (SSSR count). The van der Waals surface area contributed by atoms with Crippen molar-refractivity contribution in [3.8, 4) is 11.5 Å². The molecule has 1 aliphatic rings. The fraction of sp³-hybridized carbons (Fsp3) is 0.222. The number of anilines is 2. The van der Waals surface area contributed by atoms with Crippen molar-refractivity contribution in [2.24, 2.45) is 0 Å². The molecular weight excluding hydrogens is 365 g/mol. The molecule has 0 spiro atoms. The van der Waals surface area contributed by atoms with E-state index in [0.717, 1.165) is 23.1 Å². The van der Waals surface area contributed by atoms with Crippen molar-refractivity contribution in [2.45, 2.75) is 6.18 Å². The number of hydrogen-bond acceptors (Lipinski definition) is 4. The Morgan fingerprint density at radius 1 is 1.07 bits per heavy atom. The first-order valence-electron chi connectivity index (χ1n) is 7.79. The van der Waals surface area contributed by atoms with Crippen molar-refractivity contribution in [3.05, 3.63) is 47.5 Å². The van der Waals surface area contributed by atoms with Crippen LogP contribution in [0.2, 0.25) is 0 Å². The monoisotopic (exact) mass is 380 g/mol. The number of rotatable bonds is 3. The van der Waals surface area contributed by atoms with E-state index in [0.29, 0.717) is 11.5 Å². The van der Waals surface area contributed by atoms with Crippen molar-refractivity contribution < 1.29 is 32.2 Å². The molecule has 6 nitrogen and oxygen atoms in total. The van der Waals surface area contributed by atoms with Crippen molar-refractivity contribution in [3.63, 3.8) is 0 Å². The van der Waals surface area contributed by atoms with Gasteiger partial charge in [-0.25, -0.2) is 0 Å². The molecule has 142 valence electrons. The highest BCUT2D eigenvalue weighted by atomic mass is 19.4. The van der Waals surface area contributed by atoms with Gasteiger partial charge in [0.05, 0.1) is 31.2 Å². The first-order valence-corrected chi connectivity index (χ1v) is 7.79. The number of amides is 2. The zero-order valence-corrected chi connectivity index (χ0v) is 14.4. The van der Waals surface area contributed by atoms with Crippen molar-refractivity contribution in [1.29, 1.82) is 0 Å². The lowest BCUT2D eigenvalue weighted by Gasteiger charge is -2.30. The van der Waals surface area contributed by atoms with Crippen LogP contribution in [-0.2, 0) is 11.0 Å². The van der Waals surface area contributed by atoms with Crippen molar-refractivity contribution >= 4 is 23.2 Å². The van der Waals surface area contributed by atoms with E-state index >= 15 is 0 Å². The molecule has 0 bridgehead atoms. The molecule has 2 aromatic carbocycles. The lowest BCUT2D eigenvalue weighted by molar-refractivity contribution is -0.137. The summed E-state index contributed by atoms with van der Waals surface area (Å²) in [5.74, 6) is -0.424. The maximum absolute atomic E-state index is 12.9. The summed E-state index contributed by atoms with van der Waals surface area (Å²) in [6.07, 6.45) is -4.56. The number of fused-ring (bicyclic) bond motifs is 1. The molecule has 0 unspecified atom stereocenters. The Labute approximate surface area is 152 Å². The smallest absolute Gasteiger partial charge is 0.416 e. The SMILES string of the molecule is COc1cc(OC)cc(C(=O)N2CC(=O)Nc3cc(C(F)(F)F)ccc32)c1. The first kappa shape index (κ1) is 18.6. The van der Waals surface area contributed by atoms with Crippen LogP contribution in [0.4, 0.5) is 24.5 Å². The number of nitrogens with zero attached hydrogens (tertiary/aromatic N) is 1. The molecule has 2 amide bonds. The second-order valence-electron chi connectivity index (χ2n) is 5.77. The average Bonchev–Trinajstić information content (AvgIpc) is 2.64. The van der Waals surface area contributed by atoms with E-state index in [2.05, 4.69) is 5.32 Å². The summed E-state index contributed by atoms with van der Waals surface area (Å²) >= 11 is 0. The minimum Gasteiger partial charge on any atom is -0.497 e. The number of halogens is 3. The molecule has 0 aliphatic carbocycles. The van der Waals surface area contributed by atoms with E-state index in [1.807, 2.05) is 0 Å². The van der Waals surface area contributed by atoms with Crippen LogP contribution in [0.1, 0.15) is 15.9 Å². The second kappa shape index (κ2) is 6.82. The van der Waals surface area contributed by atoms with Gasteiger partial charge in [0.25, 0.3) is 5.91 Å². The Balaban J connectivity index is 2.03. The van der Waals surface area contributed by atoms with Gasteiger partial charge in [-0.1, -0.05) is 0 Å².